The summed E-state index contributed by atoms with van der Waals surface area (Å²) in [7, 11) is -3.39. The third kappa shape index (κ3) is 4.05. The van der Waals surface area contributed by atoms with E-state index in [9.17, 15) is 13.2 Å². The lowest BCUT2D eigenvalue weighted by Crippen LogP contribution is -2.64. The molecule has 2 saturated heterocycles. The zero-order chi connectivity index (χ0) is 22.3. The summed E-state index contributed by atoms with van der Waals surface area (Å²) in [5.74, 6) is 0.328. The molecule has 2 aromatic rings. The van der Waals surface area contributed by atoms with Gasteiger partial charge in [0.2, 0.25) is 10.0 Å². The fourth-order valence-electron chi connectivity index (χ4n) is 4.93. The predicted octanol–water partition coefficient (Wildman–Crippen LogP) is 3.00. The summed E-state index contributed by atoms with van der Waals surface area (Å²) < 4.78 is 27.9. The molecule has 1 N–H and O–H groups in total. The molecule has 0 aromatic carbocycles. The van der Waals surface area contributed by atoms with Crippen LogP contribution < -0.4 is 0 Å². The standard InChI is InChI=1S/C22H33N5O3S/c1-15(2)27(16(3)4)22(28)25-13-18(14-25)31(29,30)26-10-7-17(8-11-26)20-12-24-21-19(20)6-5-9-23-21/h5-6,9,12,15-18H,7-8,10-11,13-14H2,1-4H3,(H,23,24). The van der Waals surface area contributed by atoms with Gasteiger partial charge in [-0.25, -0.2) is 22.5 Å². The van der Waals surface area contributed by atoms with Crippen LogP contribution in [0.5, 0.6) is 0 Å². The van der Waals surface area contributed by atoms with Crippen LogP contribution in [0.3, 0.4) is 0 Å². The molecular formula is C22H33N5O3S. The van der Waals surface area contributed by atoms with Crippen molar-refractivity contribution in [2.75, 3.05) is 26.2 Å². The minimum absolute atomic E-state index is 0.0666. The van der Waals surface area contributed by atoms with Gasteiger partial charge in [-0.2, -0.15) is 0 Å². The number of fused-ring (bicyclic) bond motifs is 1. The summed E-state index contributed by atoms with van der Waals surface area (Å²) in [5, 5.41) is 0.628. The number of aromatic nitrogens is 2. The van der Waals surface area contributed by atoms with Gasteiger partial charge in [0.05, 0.1) is 0 Å². The number of carbonyl (C=O) groups excluding carboxylic acids is 1. The van der Waals surface area contributed by atoms with E-state index in [0.29, 0.717) is 19.0 Å². The number of piperidine rings is 1. The molecule has 4 rings (SSSR count). The van der Waals surface area contributed by atoms with Crippen LogP contribution in [0.4, 0.5) is 4.79 Å². The van der Waals surface area contributed by atoms with E-state index in [1.807, 2.05) is 44.9 Å². The van der Waals surface area contributed by atoms with Gasteiger partial charge in [0.1, 0.15) is 10.9 Å². The summed E-state index contributed by atoms with van der Waals surface area (Å²) in [6, 6.07) is 4.10. The Morgan fingerprint density at radius 2 is 1.81 bits per heavy atom. The summed E-state index contributed by atoms with van der Waals surface area (Å²) in [6.07, 6.45) is 5.37. The summed E-state index contributed by atoms with van der Waals surface area (Å²) >= 11 is 0. The Morgan fingerprint density at radius 3 is 2.42 bits per heavy atom. The number of likely N-dealkylation sites (tertiary alicyclic amines) is 1. The second-order valence-electron chi connectivity index (χ2n) is 9.27. The number of hydrogen-bond acceptors (Lipinski definition) is 4. The molecule has 0 atom stereocenters. The van der Waals surface area contributed by atoms with Crippen molar-refractivity contribution >= 4 is 27.1 Å². The lowest BCUT2D eigenvalue weighted by molar-refractivity contribution is 0.103. The van der Waals surface area contributed by atoms with Crippen molar-refractivity contribution in [1.82, 2.24) is 24.1 Å². The highest BCUT2D eigenvalue weighted by Crippen LogP contribution is 2.34. The fraction of sp³-hybridized carbons (Fsp3) is 0.636. The van der Waals surface area contributed by atoms with Crippen LogP contribution in [0, 0.1) is 0 Å². The molecule has 4 heterocycles. The van der Waals surface area contributed by atoms with E-state index in [-0.39, 0.29) is 31.2 Å². The number of pyridine rings is 1. The van der Waals surface area contributed by atoms with Gasteiger partial charge in [0.25, 0.3) is 0 Å². The Balaban J connectivity index is 1.35. The van der Waals surface area contributed by atoms with Crippen LogP contribution in [0.25, 0.3) is 11.0 Å². The first-order valence-electron chi connectivity index (χ1n) is 11.2. The minimum atomic E-state index is -3.39. The Bertz CT molecular complexity index is 1030. The topological polar surface area (TPSA) is 89.6 Å². The third-order valence-corrected chi connectivity index (χ3v) is 8.84. The zero-order valence-electron chi connectivity index (χ0n) is 18.8. The highest BCUT2D eigenvalue weighted by Gasteiger charge is 2.45. The molecule has 9 heteroatoms. The van der Waals surface area contributed by atoms with Crippen LogP contribution in [0.15, 0.2) is 24.5 Å². The van der Waals surface area contributed by atoms with Gasteiger partial charge in [-0.1, -0.05) is 0 Å². The summed E-state index contributed by atoms with van der Waals surface area (Å²) in [4.78, 5) is 23.8. The average Bonchev–Trinajstić information content (AvgIpc) is 3.10. The number of urea groups is 1. The van der Waals surface area contributed by atoms with Gasteiger partial charge in [-0.15, -0.1) is 0 Å². The normalized spacial score (nSPS) is 19.4. The molecule has 0 aliphatic carbocycles. The van der Waals surface area contributed by atoms with E-state index >= 15 is 0 Å². The Labute approximate surface area is 184 Å². The van der Waals surface area contributed by atoms with E-state index < -0.39 is 15.3 Å². The molecule has 0 saturated carbocycles. The first-order chi connectivity index (χ1) is 14.7. The lowest BCUT2D eigenvalue weighted by atomic mass is 9.90. The molecule has 2 aliphatic rings. The molecule has 8 nitrogen and oxygen atoms in total. The smallest absolute Gasteiger partial charge is 0.320 e. The van der Waals surface area contributed by atoms with Crippen LogP contribution in [-0.2, 0) is 10.0 Å². The molecule has 31 heavy (non-hydrogen) atoms. The van der Waals surface area contributed by atoms with E-state index in [4.69, 9.17) is 0 Å². The number of aromatic amines is 1. The largest absolute Gasteiger partial charge is 0.346 e. The fourth-order valence-corrected chi connectivity index (χ4v) is 6.81. The van der Waals surface area contributed by atoms with Crippen LogP contribution >= 0.6 is 0 Å². The number of rotatable bonds is 5. The monoisotopic (exact) mass is 447 g/mol. The summed E-state index contributed by atoms with van der Waals surface area (Å²) in [5.41, 5.74) is 2.10. The number of sulfonamides is 1. The van der Waals surface area contributed by atoms with Gasteiger partial charge in [-0.3, -0.25) is 0 Å². The average molecular weight is 448 g/mol. The van der Waals surface area contributed by atoms with Crippen LogP contribution in [0.1, 0.15) is 52.0 Å². The van der Waals surface area contributed by atoms with Crippen molar-refractivity contribution in [2.45, 2.75) is 63.8 Å². The second-order valence-corrected chi connectivity index (χ2v) is 11.5. The van der Waals surface area contributed by atoms with Gasteiger partial charge in [0, 0.05) is 56.0 Å². The predicted molar refractivity (Wildman–Crippen MR) is 121 cm³/mol. The van der Waals surface area contributed by atoms with Crippen molar-refractivity contribution in [3.8, 4) is 0 Å². The SMILES string of the molecule is CC(C)N(C(=O)N1CC(S(=O)(=O)N2CCC(c3c[nH]c4ncccc34)CC2)C1)C(C)C. The lowest BCUT2D eigenvalue weighted by Gasteiger charge is -2.45. The highest BCUT2D eigenvalue weighted by molar-refractivity contribution is 7.89. The van der Waals surface area contributed by atoms with Crippen molar-refractivity contribution in [1.29, 1.82) is 0 Å². The molecule has 0 bridgehead atoms. The van der Waals surface area contributed by atoms with E-state index in [1.165, 1.54) is 5.56 Å². The first kappa shape index (κ1) is 22.1. The number of H-pyrrole nitrogens is 1. The van der Waals surface area contributed by atoms with Gasteiger partial charge in [-0.05, 0) is 64.2 Å². The van der Waals surface area contributed by atoms with Gasteiger partial charge >= 0.3 is 6.03 Å². The minimum Gasteiger partial charge on any atom is -0.346 e. The highest BCUT2D eigenvalue weighted by atomic mass is 32.2. The van der Waals surface area contributed by atoms with Crippen molar-refractivity contribution in [3.05, 3.63) is 30.1 Å². The maximum Gasteiger partial charge on any atom is 0.320 e. The van der Waals surface area contributed by atoms with Crippen molar-refractivity contribution < 1.29 is 13.2 Å². The summed E-state index contributed by atoms with van der Waals surface area (Å²) in [6.45, 7) is 9.55. The Morgan fingerprint density at radius 1 is 1.16 bits per heavy atom. The molecule has 0 unspecified atom stereocenters. The third-order valence-electron chi connectivity index (χ3n) is 6.61. The van der Waals surface area contributed by atoms with E-state index in [2.05, 4.69) is 16.0 Å². The maximum absolute atomic E-state index is 13.1. The molecule has 0 radical (unpaired) electrons. The molecule has 2 amide bonds. The molecular weight excluding hydrogens is 414 g/mol. The Hall–Kier alpha value is -2.13. The van der Waals surface area contributed by atoms with Crippen LogP contribution in [0.2, 0.25) is 0 Å². The zero-order valence-corrected chi connectivity index (χ0v) is 19.6. The van der Waals surface area contributed by atoms with Crippen molar-refractivity contribution in [2.24, 2.45) is 0 Å². The Kier molecular flexibility index (Phi) is 6.00. The number of nitrogens with zero attached hydrogens (tertiary/aromatic N) is 4. The van der Waals surface area contributed by atoms with Gasteiger partial charge in [0.15, 0.2) is 0 Å². The number of hydrogen-bond donors (Lipinski definition) is 1. The quantitative estimate of drug-likeness (QED) is 0.763. The number of nitrogens with one attached hydrogen (secondary N) is 1. The van der Waals surface area contributed by atoms with Crippen molar-refractivity contribution in [3.63, 3.8) is 0 Å². The van der Waals surface area contributed by atoms with E-state index in [0.717, 1.165) is 23.9 Å². The molecule has 0 spiro atoms. The van der Waals surface area contributed by atoms with Crippen LogP contribution in [-0.4, -0.2) is 82.0 Å². The molecule has 2 aromatic heterocycles. The molecule has 170 valence electrons. The molecule has 2 fully saturated rings. The molecule has 2 aliphatic heterocycles. The van der Waals surface area contributed by atoms with E-state index in [1.54, 1.807) is 15.4 Å². The van der Waals surface area contributed by atoms with Gasteiger partial charge < -0.3 is 14.8 Å². The maximum atomic E-state index is 13.1. The first-order valence-corrected chi connectivity index (χ1v) is 12.7. The number of carbonyl (C=O) groups is 1. The number of amides is 2. The second kappa shape index (κ2) is 8.43.